The van der Waals surface area contributed by atoms with Crippen LogP contribution in [0.2, 0.25) is 0 Å². The van der Waals surface area contributed by atoms with Crippen LogP contribution < -0.4 is 4.90 Å². The number of carbonyl (C=O) groups is 1. The van der Waals surface area contributed by atoms with Crippen LogP contribution in [0.5, 0.6) is 0 Å². The molecule has 4 nitrogen and oxygen atoms in total. The van der Waals surface area contributed by atoms with Gasteiger partial charge in [0, 0.05) is 30.4 Å². The number of benzene rings is 1. The maximum absolute atomic E-state index is 11.8. The molecule has 0 unspecified atom stereocenters. The van der Waals surface area contributed by atoms with E-state index in [2.05, 4.69) is 24.8 Å². The number of carbonyl (C=O) groups excluding carboxylic acids is 1. The SMILES string of the molecule is CCN(CC)c1ccccc1C(C#N)=CC(=O)OC(C)C. The van der Waals surface area contributed by atoms with E-state index in [1.165, 1.54) is 6.08 Å². The molecule has 0 aliphatic heterocycles. The molecule has 0 bridgehead atoms. The molecule has 0 saturated heterocycles. The van der Waals surface area contributed by atoms with Gasteiger partial charge in [0.05, 0.1) is 11.7 Å². The Hall–Kier alpha value is -2.28. The number of hydrogen-bond donors (Lipinski definition) is 0. The quantitative estimate of drug-likeness (QED) is 0.457. The minimum absolute atomic E-state index is 0.202. The van der Waals surface area contributed by atoms with Crippen LogP contribution in [0.1, 0.15) is 33.3 Å². The Bertz CT molecular complexity index is 552. The van der Waals surface area contributed by atoms with Crippen molar-refractivity contribution < 1.29 is 9.53 Å². The second kappa shape index (κ2) is 8.11. The average Bonchev–Trinajstić information content (AvgIpc) is 2.46. The topological polar surface area (TPSA) is 53.3 Å². The molecule has 1 aromatic carbocycles. The lowest BCUT2D eigenvalue weighted by Gasteiger charge is -2.23. The zero-order valence-electron chi connectivity index (χ0n) is 13.1. The van der Waals surface area contributed by atoms with Crippen LogP contribution in [0, 0.1) is 11.3 Å². The number of nitrogens with zero attached hydrogens (tertiary/aromatic N) is 2. The van der Waals surface area contributed by atoms with Crippen LogP contribution in [-0.2, 0) is 9.53 Å². The molecule has 0 aliphatic rings. The molecule has 112 valence electrons. The highest BCUT2D eigenvalue weighted by Crippen LogP contribution is 2.26. The molecule has 0 aromatic heterocycles. The Morgan fingerprint density at radius 1 is 1.33 bits per heavy atom. The van der Waals surface area contributed by atoms with Crippen LogP contribution in [0.25, 0.3) is 5.57 Å². The third kappa shape index (κ3) is 4.64. The van der Waals surface area contributed by atoms with Gasteiger partial charge in [-0.1, -0.05) is 18.2 Å². The highest BCUT2D eigenvalue weighted by atomic mass is 16.5. The van der Waals surface area contributed by atoms with Crippen LogP contribution in [0.3, 0.4) is 0 Å². The number of hydrogen-bond acceptors (Lipinski definition) is 4. The Morgan fingerprint density at radius 2 is 1.95 bits per heavy atom. The molecule has 0 saturated carbocycles. The lowest BCUT2D eigenvalue weighted by Crippen LogP contribution is -2.23. The van der Waals surface area contributed by atoms with Crippen molar-refractivity contribution in [1.82, 2.24) is 0 Å². The van der Waals surface area contributed by atoms with Crippen LogP contribution >= 0.6 is 0 Å². The van der Waals surface area contributed by atoms with Crippen LogP contribution in [0.4, 0.5) is 5.69 Å². The van der Waals surface area contributed by atoms with Gasteiger partial charge in [-0.3, -0.25) is 0 Å². The van der Waals surface area contributed by atoms with E-state index in [0.29, 0.717) is 5.57 Å². The first kappa shape index (κ1) is 16.8. The van der Waals surface area contributed by atoms with Crippen molar-refractivity contribution in [2.45, 2.75) is 33.8 Å². The molecule has 1 aromatic rings. The molecule has 0 N–H and O–H groups in total. The van der Waals surface area contributed by atoms with Crippen molar-refractivity contribution in [3.05, 3.63) is 35.9 Å². The minimum atomic E-state index is -0.490. The third-order valence-electron chi connectivity index (χ3n) is 3.03. The van der Waals surface area contributed by atoms with E-state index in [4.69, 9.17) is 4.74 Å². The van der Waals surface area contributed by atoms with Gasteiger partial charge in [0.1, 0.15) is 6.07 Å². The second-order valence-electron chi connectivity index (χ2n) is 4.84. The number of para-hydroxylation sites is 1. The number of esters is 1. The first-order valence-electron chi connectivity index (χ1n) is 7.20. The van der Waals surface area contributed by atoms with Gasteiger partial charge in [0.15, 0.2) is 0 Å². The van der Waals surface area contributed by atoms with Gasteiger partial charge in [0.25, 0.3) is 0 Å². The molecular formula is C17H22N2O2. The van der Waals surface area contributed by atoms with Gasteiger partial charge in [-0.2, -0.15) is 5.26 Å². The summed E-state index contributed by atoms with van der Waals surface area (Å²) in [5.74, 6) is -0.490. The summed E-state index contributed by atoms with van der Waals surface area (Å²) >= 11 is 0. The molecule has 0 spiro atoms. The summed E-state index contributed by atoms with van der Waals surface area (Å²) in [6.45, 7) is 9.35. The van der Waals surface area contributed by atoms with E-state index in [1.807, 2.05) is 24.3 Å². The zero-order valence-corrected chi connectivity index (χ0v) is 13.1. The third-order valence-corrected chi connectivity index (χ3v) is 3.03. The molecule has 0 fully saturated rings. The summed E-state index contributed by atoms with van der Waals surface area (Å²) in [5, 5.41) is 9.37. The predicted octanol–water partition coefficient (Wildman–Crippen LogP) is 3.39. The molecule has 0 amide bonds. The summed E-state index contributed by atoms with van der Waals surface area (Å²) < 4.78 is 5.08. The molecular weight excluding hydrogens is 264 g/mol. The van der Waals surface area contributed by atoms with E-state index >= 15 is 0 Å². The van der Waals surface area contributed by atoms with Gasteiger partial charge >= 0.3 is 5.97 Å². The fourth-order valence-corrected chi connectivity index (χ4v) is 2.10. The molecule has 0 heterocycles. The summed E-state index contributed by atoms with van der Waals surface area (Å²) in [4.78, 5) is 13.9. The largest absolute Gasteiger partial charge is 0.460 e. The Balaban J connectivity index is 3.21. The molecule has 4 heteroatoms. The Kier molecular flexibility index (Phi) is 6.48. The van der Waals surface area contributed by atoms with Crippen LogP contribution in [-0.4, -0.2) is 25.2 Å². The maximum atomic E-state index is 11.8. The number of ether oxygens (including phenoxy) is 1. The lowest BCUT2D eigenvalue weighted by molar-refractivity contribution is -0.141. The van der Waals surface area contributed by atoms with Crippen molar-refractivity contribution in [2.75, 3.05) is 18.0 Å². The van der Waals surface area contributed by atoms with Gasteiger partial charge in [-0.15, -0.1) is 0 Å². The van der Waals surface area contributed by atoms with Crippen LogP contribution in [0.15, 0.2) is 30.3 Å². The van der Waals surface area contributed by atoms with Crippen molar-refractivity contribution in [1.29, 1.82) is 5.26 Å². The number of rotatable bonds is 6. The highest BCUT2D eigenvalue weighted by Gasteiger charge is 2.13. The van der Waals surface area contributed by atoms with E-state index in [-0.39, 0.29) is 6.10 Å². The second-order valence-corrected chi connectivity index (χ2v) is 4.84. The van der Waals surface area contributed by atoms with E-state index < -0.39 is 5.97 Å². The summed E-state index contributed by atoms with van der Waals surface area (Å²) in [7, 11) is 0. The Morgan fingerprint density at radius 3 is 2.48 bits per heavy atom. The predicted molar refractivity (Wildman–Crippen MR) is 84.8 cm³/mol. The van der Waals surface area contributed by atoms with Gasteiger partial charge in [0.2, 0.25) is 0 Å². The molecule has 0 radical (unpaired) electrons. The highest BCUT2D eigenvalue weighted by molar-refractivity contribution is 5.97. The van der Waals surface area contributed by atoms with Gasteiger partial charge in [-0.25, -0.2) is 4.79 Å². The van der Waals surface area contributed by atoms with Crippen molar-refractivity contribution in [3.8, 4) is 6.07 Å². The first-order chi connectivity index (χ1) is 10.0. The normalized spacial score (nSPS) is 11.1. The van der Waals surface area contributed by atoms with E-state index in [9.17, 15) is 10.1 Å². The number of nitriles is 1. The van der Waals surface area contributed by atoms with E-state index in [1.54, 1.807) is 13.8 Å². The van der Waals surface area contributed by atoms with Gasteiger partial charge in [-0.05, 0) is 33.8 Å². The summed E-state index contributed by atoms with van der Waals surface area (Å²) in [5.41, 5.74) is 2.03. The molecule has 21 heavy (non-hydrogen) atoms. The summed E-state index contributed by atoms with van der Waals surface area (Å²) in [6.07, 6.45) is 1.06. The van der Waals surface area contributed by atoms with Crippen molar-refractivity contribution in [2.24, 2.45) is 0 Å². The monoisotopic (exact) mass is 286 g/mol. The first-order valence-corrected chi connectivity index (χ1v) is 7.20. The molecule has 0 aliphatic carbocycles. The van der Waals surface area contributed by atoms with Gasteiger partial charge < -0.3 is 9.64 Å². The number of allylic oxidation sites excluding steroid dienone is 1. The minimum Gasteiger partial charge on any atom is -0.460 e. The maximum Gasteiger partial charge on any atom is 0.332 e. The molecule has 1 rings (SSSR count). The summed E-state index contributed by atoms with van der Waals surface area (Å²) in [6, 6.07) is 9.70. The van der Waals surface area contributed by atoms with Crippen molar-refractivity contribution >= 4 is 17.2 Å². The fraction of sp³-hybridized carbons (Fsp3) is 0.412. The standard InChI is InChI=1S/C17H22N2O2/c1-5-19(6-2)16-10-8-7-9-15(16)14(12-18)11-17(20)21-13(3)4/h7-11,13H,5-6H2,1-4H3. The fourth-order valence-electron chi connectivity index (χ4n) is 2.10. The lowest BCUT2D eigenvalue weighted by atomic mass is 10.0. The van der Waals surface area contributed by atoms with E-state index in [0.717, 1.165) is 24.3 Å². The average molecular weight is 286 g/mol. The van der Waals surface area contributed by atoms with Crippen molar-refractivity contribution in [3.63, 3.8) is 0 Å². The molecule has 0 atom stereocenters. The smallest absolute Gasteiger partial charge is 0.332 e. The Labute approximate surface area is 126 Å². The zero-order chi connectivity index (χ0) is 15.8. The number of anilines is 1.